The van der Waals surface area contributed by atoms with Crippen LogP contribution in [0.3, 0.4) is 0 Å². The maximum Gasteiger partial charge on any atom is 0.486 e. The predicted octanol–water partition coefficient (Wildman–Crippen LogP) is 2.19. The molecular weight excluding hydrogens is 151 g/mol. The molecular formula is C9H17BO2. The molecule has 1 saturated heterocycles. The van der Waals surface area contributed by atoms with Crippen LogP contribution < -0.4 is 0 Å². The molecule has 0 atom stereocenters. The van der Waals surface area contributed by atoms with E-state index in [1.54, 1.807) is 0 Å². The molecule has 0 aromatic carbocycles. The molecule has 1 aliphatic heterocycles. The van der Waals surface area contributed by atoms with Crippen LogP contribution in [0.4, 0.5) is 0 Å². The molecule has 3 heteroatoms. The largest absolute Gasteiger partial charge is 0.486 e. The highest BCUT2D eigenvalue weighted by atomic mass is 16.7. The van der Waals surface area contributed by atoms with E-state index >= 15 is 0 Å². The molecule has 12 heavy (non-hydrogen) atoms. The van der Waals surface area contributed by atoms with Crippen LogP contribution in [0.2, 0.25) is 0 Å². The lowest BCUT2D eigenvalue weighted by molar-refractivity contribution is 0.00578. The van der Waals surface area contributed by atoms with E-state index in [1.165, 1.54) is 0 Å². The van der Waals surface area contributed by atoms with Crippen LogP contribution in [0.25, 0.3) is 0 Å². The second-order valence-electron chi connectivity index (χ2n) is 3.90. The first-order valence-corrected chi connectivity index (χ1v) is 4.00. The summed E-state index contributed by atoms with van der Waals surface area (Å²) in [5, 5.41) is 0. The number of allylic oxidation sites excluding steroid dienone is 1. The van der Waals surface area contributed by atoms with E-state index in [-0.39, 0.29) is 5.95 Å². The highest BCUT2D eigenvalue weighted by Gasteiger charge is 2.49. The van der Waals surface area contributed by atoms with E-state index in [9.17, 15) is 0 Å². The van der Waals surface area contributed by atoms with Gasteiger partial charge in [-0.1, -0.05) is 12.0 Å². The summed E-state index contributed by atoms with van der Waals surface area (Å²) in [5.74, 6) is -0.154. The smallest absolute Gasteiger partial charge is 0.400 e. The molecule has 1 rings (SSSR count). The van der Waals surface area contributed by atoms with Crippen LogP contribution in [0.5, 0.6) is 0 Å². The second-order valence-corrected chi connectivity index (χ2v) is 3.90. The van der Waals surface area contributed by atoms with Gasteiger partial charge in [-0.15, -0.1) is 0 Å². The fraction of sp³-hybridized carbons (Fsp3) is 0.778. The van der Waals surface area contributed by atoms with Crippen molar-refractivity contribution in [2.45, 2.75) is 45.7 Å². The Labute approximate surface area is 80.7 Å². The monoisotopic (exact) mass is 172 g/mol. The zero-order valence-electron chi connectivity index (χ0n) is 12.0. The Kier molecular flexibility index (Phi) is 1.31. The van der Waals surface area contributed by atoms with Gasteiger partial charge in [-0.25, -0.2) is 0 Å². The summed E-state index contributed by atoms with van der Waals surface area (Å²) in [6.45, 7) is 5.15. The molecule has 0 saturated carbocycles. The van der Waals surface area contributed by atoms with Crippen LogP contribution in [-0.2, 0) is 9.31 Å². The minimum Gasteiger partial charge on any atom is -0.400 e. The van der Waals surface area contributed by atoms with Gasteiger partial charge >= 0.3 is 7.12 Å². The minimum absolute atomic E-state index is 0.154. The zero-order valence-corrected chi connectivity index (χ0v) is 7.97. The third kappa shape index (κ3) is 1.57. The van der Waals surface area contributed by atoms with Crippen molar-refractivity contribution in [3.05, 3.63) is 12.0 Å². The highest BCUT2D eigenvalue weighted by Crippen LogP contribution is 2.36. The zero-order chi connectivity index (χ0) is 12.8. The van der Waals surface area contributed by atoms with E-state index in [2.05, 4.69) is 0 Å². The van der Waals surface area contributed by atoms with Gasteiger partial charge in [0.1, 0.15) is 0 Å². The maximum atomic E-state index is 7.63. The van der Waals surface area contributed by atoms with Crippen LogP contribution >= 0.6 is 0 Å². The van der Waals surface area contributed by atoms with Gasteiger partial charge in [-0.05, 0) is 34.5 Å². The SMILES string of the molecule is [2H]/C(=C\C([2H])([2H])[2H])B1OC(C)(C)C(C)(C)O1. The van der Waals surface area contributed by atoms with Crippen LogP contribution in [0.15, 0.2) is 12.0 Å². The normalized spacial score (nSPS) is 33.7. The first-order chi connectivity index (χ1) is 6.95. The van der Waals surface area contributed by atoms with Gasteiger partial charge in [0.15, 0.2) is 0 Å². The maximum absolute atomic E-state index is 7.63. The van der Waals surface area contributed by atoms with Crippen molar-refractivity contribution in [1.29, 1.82) is 0 Å². The fourth-order valence-electron chi connectivity index (χ4n) is 0.979. The van der Waals surface area contributed by atoms with E-state index in [1.807, 2.05) is 27.7 Å². The summed E-state index contributed by atoms with van der Waals surface area (Å²) >= 11 is 0. The summed E-state index contributed by atoms with van der Waals surface area (Å²) < 4.78 is 39.9. The van der Waals surface area contributed by atoms with Crippen LogP contribution in [0, 0.1) is 0 Å². The number of rotatable bonds is 1. The molecule has 0 aromatic rings. The van der Waals surface area contributed by atoms with Gasteiger partial charge in [0, 0.05) is 4.11 Å². The molecule has 1 fully saturated rings. The lowest BCUT2D eigenvalue weighted by atomic mass is 9.90. The summed E-state index contributed by atoms with van der Waals surface area (Å²) in [4.78, 5) is 0. The molecule has 0 spiro atoms. The van der Waals surface area contributed by atoms with Crippen molar-refractivity contribution < 1.29 is 14.8 Å². The Morgan fingerprint density at radius 3 is 2.17 bits per heavy atom. The van der Waals surface area contributed by atoms with E-state index < -0.39 is 25.2 Å². The van der Waals surface area contributed by atoms with Gasteiger partial charge < -0.3 is 9.31 Å². The van der Waals surface area contributed by atoms with Gasteiger partial charge in [0.05, 0.1) is 12.6 Å². The Balaban J connectivity index is 2.85. The highest BCUT2D eigenvalue weighted by molar-refractivity contribution is 6.51. The molecule has 0 unspecified atom stereocenters. The standard InChI is InChI=1S/C9H17BO2/c1-6-7-10-11-8(2,3)9(4,5)12-10/h6-7H,1-5H3/b7-6+/i1D3,7D. The Morgan fingerprint density at radius 1 is 1.25 bits per heavy atom. The average molecular weight is 172 g/mol. The van der Waals surface area contributed by atoms with Gasteiger partial charge in [0.2, 0.25) is 0 Å². The van der Waals surface area contributed by atoms with Crippen molar-refractivity contribution in [3.63, 3.8) is 0 Å². The first-order valence-electron chi connectivity index (χ1n) is 6.00. The lowest BCUT2D eigenvalue weighted by Crippen LogP contribution is -2.41. The third-order valence-electron chi connectivity index (χ3n) is 2.47. The fourth-order valence-corrected chi connectivity index (χ4v) is 0.979. The van der Waals surface area contributed by atoms with Crippen molar-refractivity contribution >= 4 is 7.12 Å². The quantitative estimate of drug-likeness (QED) is 0.564. The predicted molar refractivity (Wildman–Crippen MR) is 50.9 cm³/mol. The number of hydrogen-bond donors (Lipinski definition) is 0. The molecule has 0 amide bonds. The van der Waals surface area contributed by atoms with Crippen LogP contribution in [-0.4, -0.2) is 18.3 Å². The third-order valence-corrected chi connectivity index (χ3v) is 2.47. The summed E-state index contributed by atoms with van der Waals surface area (Å²) in [5.41, 5.74) is -1.10. The van der Waals surface area contributed by atoms with Gasteiger partial charge in [-0.2, -0.15) is 0 Å². The molecule has 0 aliphatic carbocycles. The second kappa shape index (κ2) is 2.89. The summed E-state index contributed by atoms with van der Waals surface area (Å²) in [7, 11) is -0.898. The Bertz CT molecular complexity index is 293. The summed E-state index contributed by atoms with van der Waals surface area (Å²) in [6.07, 6.45) is 0.884. The van der Waals surface area contributed by atoms with Crippen molar-refractivity contribution in [2.75, 3.05) is 0 Å². The molecule has 0 aromatic heterocycles. The molecule has 1 heterocycles. The first kappa shape index (κ1) is 5.45. The molecule has 2 nitrogen and oxygen atoms in total. The Hall–Kier alpha value is -0.275. The molecule has 0 bridgehead atoms. The van der Waals surface area contributed by atoms with Crippen molar-refractivity contribution in [1.82, 2.24) is 0 Å². The lowest BCUT2D eigenvalue weighted by Gasteiger charge is -2.32. The van der Waals surface area contributed by atoms with Gasteiger partial charge in [-0.3, -0.25) is 0 Å². The van der Waals surface area contributed by atoms with E-state index in [0.29, 0.717) is 0 Å². The van der Waals surface area contributed by atoms with E-state index in [0.717, 1.165) is 6.08 Å². The van der Waals surface area contributed by atoms with Crippen LogP contribution in [0.1, 0.15) is 40.0 Å². The van der Waals surface area contributed by atoms with E-state index in [4.69, 9.17) is 14.8 Å². The molecule has 0 N–H and O–H groups in total. The average Bonchev–Trinajstić information content (AvgIpc) is 2.17. The minimum atomic E-state index is -2.28. The molecule has 68 valence electrons. The number of hydrogen-bond acceptors (Lipinski definition) is 2. The van der Waals surface area contributed by atoms with Crippen molar-refractivity contribution in [3.8, 4) is 0 Å². The molecule has 1 aliphatic rings. The Morgan fingerprint density at radius 2 is 1.75 bits per heavy atom. The van der Waals surface area contributed by atoms with Gasteiger partial charge in [0.25, 0.3) is 0 Å². The summed E-state index contributed by atoms with van der Waals surface area (Å²) in [6, 6.07) is 0. The van der Waals surface area contributed by atoms with Crippen molar-refractivity contribution in [2.24, 2.45) is 0 Å². The topological polar surface area (TPSA) is 18.5 Å². The molecule has 0 radical (unpaired) electrons.